The Bertz CT molecular complexity index is 576. The summed E-state index contributed by atoms with van der Waals surface area (Å²) in [5, 5.41) is 0. The van der Waals surface area contributed by atoms with Crippen molar-refractivity contribution in [2.75, 3.05) is 0 Å². The second-order valence-corrected chi connectivity index (χ2v) is 5.65. The predicted molar refractivity (Wildman–Crippen MR) is 73.0 cm³/mol. The van der Waals surface area contributed by atoms with Crippen molar-refractivity contribution in [3.63, 3.8) is 0 Å². The molecule has 0 spiro atoms. The van der Waals surface area contributed by atoms with Crippen molar-refractivity contribution < 1.29 is 33.4 Å². The molecule has 1 aromatic heterocycles. The molecule has 1 heterocycles. The molecule has 0 aliphatic carbocycles. The van der Waals surface area contributed by atoms with E-state index >= 15 is 0 Å². The first kappa shape index (κ1) is 17.6. The van der Waals surface area contributed by atoms with Crippen LogP contribution in [-0.2, 0) is 13.5 Å². The van der Waals surface area contributed by atoms with E-state index in [-0.39, 0.29) is 0 Å². The zero-order chi connectivity index (χ0) is 16.0. The van der Waals surface area contributed by atoms with Gasteiger partial charge in [0.2, 0.25) is 0 Å². The standard InChI is InChI=1S/C15H18N.ClH3O4/c1-12-9-10-16(3)15(13(12)2)11-14-7-5-4-6-8-14;2-1(3,4)5/h4-10H,11H2,1-3H3;2-4H/q+1;. The van der Waals surface area contributed by atoms with Crippen LogP contribution in [0, 0.1) is 24.1 Å². The second kappa shape index (κ2) is 7.49. The molecule has 0 atom stereocenters. The number of aryl methyl sites for hydroxylation is 2. The van der Waals surface area contributed by atoms with Gasteiger partial charge < -0.3 is 0 Å². The summed E-state index contributed by atoms with van der Waals surface area (Å²) in [5.41, 5.74) is 5.52. The molecule has 5 nitrogen and oxygen atoms in total. The van der Waals surface area contributed by atoms with Crippen LogP contribution in [0.25, 0.3) is 0 Å². The van der Waals surface area contributed by atoms with Crippen LogP contribution >= 0.6 is 0 Å². The Hall–Kier alpha value is -1.50. The predicted octanol–water partition coefficient (Wildman–Crippen LogP) is -0.141. The van der Waals surface area contributed by atoms with Gasteiger partial charge in [-0.3, -0.25) is 0 Å². The average molecular weight is 315 g/mol. The number of halogens is 1. The topological polar surface area (TPSA) is 87.6 Å². The normalized spacial score (nSPS) is 11.6. The summed E-state index contributed by atoms with van der Waals surface area (Å²) in [6.45, 7) is 4.37. The van der Waals surface area contributed by atoms with Gasteiger partial charge in [-0.05, 0) is 25.0 Å². The number of aromatic nitrogens is 1. The van der Waals surface area contributed by atoms with Gasteiger partial charge in [0, 0.05) is 11.6 Å². The van der Waals surface area contributed by atoms with Gasteiger partial charge in [0.05, 0.1) is 6.42 Å². The molecule has 0 aliphatic rings. The van der Waals surface area contributed by atoms with Gasteiger partial charge in [0.25, 0.3) is 0 Å². The van der Waals surface area contributed by atoms with Crippen LogP contribution in [0.5, 0.6) is 0 Å². The van der Waals surface area contributed by atoms with Gasteiger partial charge in [-0.1, -0.05) is 30.3 Å². The fourth-order valence-corrected chi connectivity index (χ4v) is 1.98. The zero-order valence-electron chi connectivity index (χ0n) is 12.3. The number of pyridine rings is 1. The van der Waals surface area contributed by atoms with Crippen LogP contribution in [0.4, 0.5) is 0 Å². The molecule has 0 amide bonds. The fourth-order valence-electron chi connectivity index (χ4n) is 1.98. The van der Waals surface area contributed by atoms with Crippen molar-refractivity contribution >= 4 is 0 Å². The molecule has 21 heavy (non-hydrogen) atoms. The van der Waals surface area contributed by atoms with Gasteiger partial charge in [-0.25, -0.2) is 4.57 Å². The first-order valence-electron chi connectivity index (χ1n) is 6.33. The molecule has 0 bridgehead atoms. The van der Waals surface area contributed by atoms with Crippen LogP contribution < -0.4 is 9.23 Å². The van der Waals surface area contributed by atoms with Gasteiger partial charge in [0.1, 0.15) is 7.05 Å². The maximum absolute atomic E-state index is 8.83. The third kappa shape index (κ3) is 6.66. The summed E-state index contributed by atoms with van der Waals surface area (Å²) >= 11 is 0. The Labute approximate surface area is 126 Å². The molecule has 3 N–H and O–H groups in total. The Morgan fingerprint density at radius 2 is 1.57 bits per heavy atom. The van der Waals surface area contributed by atoms with Crippen molar-refractivity contribution in [3.05, 3.63) is 65.0 Å². The molecule has 116 valence electrons. The molecular weight excluding hydrogens is 294 g/mol. The van der Waals surface area contributed by atoms with E-state index in [2.05, 4.69) is 68.1 Å². The molecule has 0 fully saturated rings. The third-order valence-electron chi connectivity index (χ3n) is 3.21. The summed E-state index contributed by atoms with van der Waals surface area (Å²) < 4.78 is 32.4. The average Bonchev–Trinajstić information content (AvgIpc) is 2.39. The molecule has 0 aliphatic heterocycles. The van der Waals surface area contributed by atoms with E-state index in [1.165, 1.54) is 22.4 Å². The van der Waals surface area contributed by atoms with Crippen LogP contribution in [0.1, 0.15) is 22.4 Å². The van der Waals surface area contributed by atoms with Gasteiger partial charge >= 0.3 is 28.9 Å². The first-order valence-corrected chi connectivity index (χ1v) is 7.65. The van der Waals surface area contributed by atoms with Crippen LogP contribution in [0.15, 0.2) is 42.6 Å². The quantitative estimate of drug-likeness (QED) is 0.673. The van der Waals surface area contributed by atoms with Crippen molar-refractivity contribution in [3.8, 4) is 0 Å². The number of hydrogen-bond donors (Lipinski definition) is 3. The van der Waals surface area contributed by atoms with Gasteiger partial charge in [-0.15, -0.1) is 0 Å². The minimum atomic E-state index is -4.19. The summed E-state index contributed by atoms with van der Waals surface area (Å²) in [7, 11) is -2.08. The van der Waals surface area contributed by atoms with E-state index in [0.717, 1.165) is 6.42 Å². The monoisotopic (exact) mass is 314 g/mol. The fraction of sp³-hybridized carbons (Fsp3) is 0.267. The molecule has 6 heteroatoms. The summed E-state index contributed by atoms with van der Waals surface area (Å²) in [6.07, 6.45) is 3.14. The SMILES string of the molecule is Cc1cc[n+](C)c(Cc2ccccc2)c1C.[O-][Cl+](O)(O)O. The molecule has 2 rings (SSSR count). The minimum absolute atomic E-state index is 1.00. The van der Waals surface area contributed by atoms with Crippen LogP contribution in [0.2, 0.25) is 0 Å². The van der Waals surface area contributed by atoms with Crippen molar-refractivity contribution in [2.45, 2.75) is 20.3 Å². The van der Waals surface area contributed by atoms with E-state index < -0.39 is 10.2 Å². The summed E-state index contributed by atoms with van der Waals surface area (Å²) in [5.74, 6) is 0. The van der Waals surface area contributed by atoms with E-state index in [1.54, 1.807) is 0 Å². The Balaban J connectivity index is 0.000000383. The number of nitrogens with zero attached hydrogens (tertiary/aromatic N) is 1. The number of rotatable bonds is 2. The Morgan fingerprint density at radius 3 is 2.10 bits per heavy atom. The van der Waals surface area contributed by atoms with E-state index in [1.807, 2.05) is 0 Å². The van der Waals surface area contributed by atoms with E-state index in [0.29, 0.717) is 0 Å². The van der Waals surface area contributed by atoms with E-state index in [4.69, 9.17) is 18.6 Å². The molecule has 0 saturated carbocycles. The number of benzene rings is 1. The summed E-state index contributed by atoms with van der Waals surface area (Å²) in [4.78, 5) is 0. The Morgan fingerprint density at radius 1 is 1.05 bits per heavy atom. The first-order chi connectivity index (χ1) is 9.68. The maximum atomic E-state index is 8.83. The van der Waals surface area contributed by atoms with Crippen molar-refractivity contribution in [1.29, 1.82) is 0 Å². The zero-order valence-corrected chi connectivity index (χ0v) is 13.1. The van der Waals surface area contributed by atoms with E-state index in [9.17, 15) is 0 Å². The molecule has 2 aromatic rings. The van der Waals surface area contributed by atoms with Crippen LogP contribution in [0.3, 0.4) is 0 Å². The van der Waals surface area contributed by atoms with Crippen LogP contribution in [-0.4, -0.2) is 14.0 Å². The van der Waals surface area contributed by atoms with Crippen molar-refractivity contribution in [1.82, 2.24) is 0 Å². The third-order valence-corrected chi connectivity index (χ3v) is 3.21. The Kier molecular flexibility index (Phi) is 6.26. The van der Waals surface area contributed by atoms with Gasteiger partial charge in [-0.2, -0.15) is 0 Å². The summed E-state index contributed by atoms with van der Waals surface area (Å²) in [6, 6.07) is 12.8. The van der Waals surface area contributed by atoms with Gasteiger partial charge in [0.15, 0.2) is 11.9 Å². The molecule has 0 unspecified atom stereocenters. The van der Waals surface area contributed by atoms with Crippen molar-refractivity contribution in [2.24, 2.45) is 7.05 Å². The molecule has 0 saturated heterocycles. The second-order valence-electron chi connectivity index (χ2n) is 4.78. The molecule has 0 radical (unpaired) electrons. The number of hydrogen-bond acceptors (Lipinski definition) is 4. The molecular formula is C15H21ClNO4+. The molecule has 1 aromatic carbocycles.